The molecular formula is C10H12FNO3. The van der Waals surface area contributed by atoms with Gasteiger partial charge in [0.05, 0.1) is 7.11 Å². The molecule has 0 heterocycles. The number of alkyl halides is 1. The number of nitrogens with two attached hydrogens (primary N) is 1. The molecule has 0 aliphatic rings. The molecule has 0 saturated heterocycles. The van der Waals surface area contributed by atoms with Gasteiger partial charge in [0.2, 0.25) is 0 Å². The average molecular weight is 213 g/mol. The fraction of sp³-hybridized carbons (Fsp3) is 0.300. The lowest BCUT2D eigenvalue weighted by Gasteiger charge is -2.08. The molecule has 1 aromatic carbocycles. The summed E-state index contributed by atoms with van der Waals surface area (Å²) in [7, 11) is 1.43. The van der Waals surface area contributed by atoms with Crippen LogP contribution in [0, 0.1) is 0 Å². The molecule has 0 bridgehead atoms. The number of benzene rings is 1. The van der Waals surface area contributed by atoms with Gasteiger partial charge in [-0.3, -0.25) is 0 Å². The molecule has 1 aromatic rings. The molecule has 0 atom stereocenters. The van der Waals surface area contributed by atoms with Crippen LogP contribution in [0.25, 0.3) is 0 Å². The molecule has 1 rings (SSSR count). The number of hydrogen-bond donors (Lipinski definition) is 1. The minimum atomic E-state index is -0.712. The maximum Gasteiger partial charge on any atom is 0.342 e. The predicted octanol–water partition coefficient (Wildman–Crippen LogP) is 1.40. The fourth-order valence-corrected chi connectivity index (χ4v) is 1.09. The average Bonchev–Trinajstić information content (AvgIpc) is 2.25. The largest absolute Gasteiger partial charge is 0.496 e. The van der Waals surface area contributed by atoms with Crippen molar-refractivity contribution in [3.05, 3.63) is 23.8 Å². The van der Waals surface area contributed by atoms with E-state index >= 15 is 0 Å². The van der Waals surface area contributed by atoms with Crippen molar-refractivity contribution >= 4 is 11.7 Å². The van der Waals surface area contributed by atoms with E-state index < -0.39 is 12.6 Å². The Morgan fingerprint density at radius 1 is 1.53 bits per heavy atom. The van der Waals surface area contributed by atoms with Crippen LogP contribution in [0.2, 0.25) is 0 Å². The van der Waals surface area contributed by atoms with E-state index in [4.69, 9.17) is 10.5 Å². The van der Waals surface area contributed by atoms with Crippen LogP contribution in [0.4, 0.5) is 10.1 Å². The Morgan fingerprint density at radius 2 is 2.27 bits per heavy atom. The Morgan fingerprint density at radius 3 is 2.87 bits per heavy atom. The van der Waals surface area contributed by atoms with Crippen LogP contribution in [0.15, 0.2) is 18.2 Å². The molecule has 0 saturated carbocycles. The van der Waals surface area contributed by atoms with Crippen molar-refractivity contribution in [2.75, 3.05) is 26.1 Å². The molecule has 5 heteroatoms. The lowest BCUT2D eigenvalue weighted by Crippen LogP contribution is -2.09. The summed E-state index contributed by atoms with van der Waals surface area (Å²) in [5.74, 6) is -0.287. The lowest BCUT2D eigenvalue weighted by atomic mass is 10.2. The van der Waals surface area contributed by atoms with E-state index in [1.54, 1.807) is 12.1 Å². The topological polar surface area (TPSA) is 61.5 Å². The Hall–Kier alpha value is -1.78. The smallest absolute Gasteiger partial charge is 0.342 e. The third-order valence-electron chi connectivity index (χ3n) is 1.75. The van der Waals surface area contributed by atoms with Gasteiger partial charge < -0.3 is 15.2 Å². The third kappa shape index (κ3) is 2.83. The number of rotatable bonds is 4. The molecule has 0 aromatic heterocycles. The summed E-state index contributed by atoms with van der Waals surface area (Å²) < 4.78 is 21.4. The standard InChI is InChI=1S/C10H12FNO3/c1-14-9-3-2-7(12)6-8(9)10(13)15-5-4-11/h2-3,6H,4-5,12H2,1H3. The number of carbonyl (C=O) groups excluding carboxylic acids is 1. The maximum atomic E-state index is 11.8. The highest BCUT2D eigenvalue weighted by Crippen LogP contribution is 2.21. The second-order valence-corrected chi connectivity index (χ2v) is 2.78. The summed E-state index contributed by atoms with van der Waals surface area (Å²) in [6.45, 7) is -0.979. The van der Waals surface area contributed by atoms with Crippen molar-refractivity contribution in [1.82, 2.24) is 0 Å². The van der Waals surface area contributed by atoms with Gasteiger partial charge in [0, 0.05) is 5.69 Å². The van der Waals surface area contributed by atoms with Crippen LogP contribution in [-0.2, 0) is 4.74 Å². The number of halogens is 1. The van der Waals surface area contributed by atoms with Crippen molar-refractivity contribution in [3.8, 4) is 5.75 Å². The molecule has 15 heavy (non-hydrogen) atoms. The highest BCUT2D eigenvalue weighted by molar-refractivity contribution is 5.93. The Bertz CT molecular complexity index is 355. The van der Waals surface area contributed by atoms with E-state index in [0.717, 1.165) is 0 Å². The first-order valence-corrected chi connectivity index (χ1v) is 4.35. The summed E-state index contributed by atoms with van der Waals surface area (Å²) in [5, 5.41) is 0. The molecule has 0 amide bonds. The van der Waals surface area contributed by atoms with Crippen LogP contribution in [0.5, 0.6) is 5.75 Å². The summed E-state index contributed by atoms with van der Waals surface area (Å²) in [4.78, 5) is 11.4. The molecule has 4 nitrogen and oxygen atoms in total. The Labute approximate surface area is 86.8 Å². The van der Waals surface area contributed by atoms with Crippen LogP contribution < -0.4 is 10.5 Å². The molecular weight excluding hydrogens is 201 g/mol. The number of methoxy groups -OCH3 is 1. The zero-order valence-electron chi connectivity index (χ0n) is 8.33. The minimum Gasteiger partial charge on any atom is -0.496 e. The lowest BCUT2D eigenvalue weighted by molar-refractivity contribution is 0.0477. The van der Waals surface area contributed by atoms with Gasteiger partial charge in [0.1, 0.15) is 24.6 Å². The van der Waals surface area contributed by atoms with E-state index in [-0.39, 0.29) is 12.2 Å². The number of esters is 1. The first-order valence-electron chi connectivity index (χ1n) is 4.35. The molecule has 82 valence electrons. The number of ether oxygens (including phenoxy) is 2. The van der Waals surface area contributed by atoms with Crippen molar-refractivity contribution in [3.63, 3.8) is 0 Å². The van der Waals surface area contributed by atoms with Crippen LogP contribution in [-0.4, -0.2) is 26.4 Å². The van der Waals surface area contributed by atoms with E-state index in [9.17, 15) is 9.18 Å². The van der Waals surface area contributed by atoms with Gasteiger partial charge in [-0.05, 0) is 18.2 Å². The van der Waals surface area contributed by atoms with Gasteiger partial charge in [-0.2, -0.15) is 0 Å². The zero-order chi connectivity index (χ0) is 11.3. The van der Waals surface area contributed by atoms with Gasteiger partial charge in [-0.15, -0.1) is 0 Å². The minimum absolute atomic E-state index is 0.200. The first kappa shape index (κ1) is 11.3. The summed E-state index contributed by atoms with van der Waals surface area (Å²) >= 11 is 0. The molecule has 0 radical (unpaired) electrons. The summed E-state index contributed by atoms with van der Waals surface area (Å²) in [5.41, 5.74) is 6.13. The second kappa shape index (κ2) is 5.19. The van der Waals surface area contributed by atoms with Crippen LogP contribution >= 0.6 is 0 Å². The second-order valence-electron chi connectivity index (χ2n) is 2.78. The molecule has 0 unspecified atom stereocenters. The molecule has 0 aliphatic heterocycles. The normalized spacial score (nSPS) is 9.73. The first-order chi connectivity index (χ1) is 7.19. The van der Waals surface area contributed by atoms with Crippen molar-refractivity contribution in [1.29, 1.82) is 0 Å². The van der Waals surface area contributed by atoms with E-state index in [1.807, 2.05) is 0 Å². The quantitative estimate of drug-likeness (QED) is 0.606. The van der Waals surface area contributed by atoms with Gasteiger partial charge in [0.25, 0.3) is 0 Å². The molecule has 0 aliphatic carbocycles. The van der Waals surface area contributed by atoms with Gasteiger partial charge in [-0.25, -0.2) is 9.18 Å². The van der Waals surface area contributed by atoms with E-state index in [2.05, 4.69) is 4.74 Å². The van der Waals surface area contributed by atoms with Crippen molar-refractivity contribution in [2.24, 2.45) is 0 Å². The number of anilines is 1. The molecule has 0 spiro atoms. The summed E-state index contributed by atoms with van der Waals surface area (Å²) in [6, 6.07) is 4.59. The number of carbonyl (C=O) groups is 1. The van der Waals surface area contributed by atoms with Gasteiger partial charge in [-0.1, -0.05) is 0 Å². The number of hydrogen-bond acceptors (Lipinski definition) is 4. The van der Waals surface area contributed by atoms with Crippen molar-refractivity contribution < 1.29 is 18.7 Å². The summed E-state index contributed by atoms with van der Waals surface area (Å²) in [6.07, 6.45) is 0. The highest BCUT2D eigenvalue weighted by atomic mass is 19.1. The van der Waals surface area contributed by atoms with Gasteiger partial charge in [0.15, 0.2) is 0 Å². The SMILES string of the molecule is COc1ccc(N)cc1C(=O)OCCF. The van der Waals surface area contributed by atoms with E-state index in [1.165, 1.54) is 13.2 Å². The Kier molecular flexibility index (Phi) is 3.91. The predicted molar refractivity (Wildman–Crippen MR) is 53.7 cm³/mol. The highest BCUT2D eigenvalue weighted by Gasteiger charge is 2.13. The van der Waals surface area contributed by atoms with Crippen LogP contribution in [0.1, 0.15) is 10.4 Å². The van der Waals surface area contributed by atoms with E-state index in [0.29, 0.717) is 11.4 Å². The third-order valence-corrected chi connectivity index (χ3v) is 1.75. The number of nitrogen functional groups attached to an aromatic ring is 1. The fourth-order valence-electron chi connectivity index (χ4n) is 1.09. The molecule has 2 N–H and O–H groups in total. The monoisotopic (exact) mass is 213 g/mol. The van der Waals surface area contributed by atoms with Gasteiger partial charge >= 0.3 is 5.97 Å². The van der Waals surface area contributed by atoms with Crippen molar-refractivity contribution in [2.45, 2.75) is 0 Å². The molecule has 0 fully saturated rings. The zero-order valence-corrected chi connectivity index (χ0v) is 8.33. The Balaban J connectivity index is 2.90. The maximum absolute atomic E-state index is 11.8. The van der Waals surface area contributed by atoms with Crippen LogP contribution in [0.3, 0.4) is 0 Å².